The second-order valence-corrected chi connectivity index (χ2v) is 7.61. The van der Waals surface area contributed by atoms with Gasteiger partial charge in [-0.05, 0) is 12.8 Å². The number of carbonyl (C=O) groups is 2. The lowest BCUT2D eigenvalue weighted by Crippen LogP contribution is -2.53. The largest absolute Gasteiger partial charge is 0.342 e. The van der Waals surface area contributed by atoms with Gasteiger partial charge in [0.1, 0.15) is 0 Å². The highest BCUT2D eigenvalue weighted by atomic mass is 16.2. The van der Waals surface area contributed by atoms with Gasteiger partial charge in [0, 0.05) is 44.7 Å². The van der Waals surface area contributed by atoms with Crippen molar-refractivity contribution in [3.05, 3.63) is 0 Å². The predicted octanol–water partition coefficient (Wildman–Crippen LogP) is 1.58. The molecule has 0 aliphatic carbocycles. The molecule has 22 heavy (non-hydrogen) atoms. The van der Waals surface area contributed by atoms with Crippen LogP contribution in [0.2, 0.25) is 0 Å². The monoisotopic (exact) mass is 309 g/mol. The molecule has 126 valence electrons. The summed E-state index contributed by atoms with van der Waals surface area (Å²) in [7, 11) is 0. The summed E-state index contributed by atoms with van der Waals surface area (Å²) in [6.45, 7) is 11.3. The molecule has 0 bridgehead atoms. The zero-order valence-corrected chi connectivity index (χ0v) is 14.4. The van der Waals surface area contributed by atoms with Gasteiger partial charge in [-0.1, -0.05) is 33.6 Å². The molecule has 2 saturated heterocycles. The first-order valence-corrected chi connectivity index (χ1v) is 8.67. The third-order valence-electron chi connectivity index (χ3n) is 4.62. The van der Waals surface area contributed by atoms with Crippen molar-refractivity contribution in [3.8, 4) is 0 Å². The van der Waals surface area contributed by atoms with Crippen LogP contribution in [0.5, 0.6) is 0 Å². The van der Waals surface area contributed by atoms with E-state index in [2.05, 4.69) is 4.90 Å². The quantitative estimate of drug-likeness (QED) is 0.778. The van der Waals surface area contributed by atoms with Gasteiger partial charge in [0.25, 0.3) is 0 Å². The number of likely N-dealkylation sites (tertiary alicyclic amines) is 1. The van der Waals surface area contributed by atoms with Crippen LogP contribution >= 0.6 is 0 Å². The zero-order chi connectivity index (χ0) is 16.2. The number of carbonyl (C=O) groups excluding carboxylic acids is 2. The minimum Gasteiger partial charge on any atom is -0.342 e. The SMILES string of the molecule is CC(C)(C)C(=O)N1CCN(CC(=O)N2CCCCCC2)CC1. The Hall–Kier alpha value is -1.10. The summed E-state index contributed by atoms with van der Waals surface area (Å²) in [5.74, 6) is 0.475. The van der Waals surface area contributed by atoms with Crippen molar-refractivity contribution >= 4 is 11.8 Å². The van der Waals surface area contributed by atoms with Gasteiger partial charge >= 0.3 is 0 Å². The molecule has 0 aromatic heterocycles. The van der Waals surface area contributed by atoms with Crippen LogP contribution < -0.4 is 0 Å². The summed E-state index contributed by atoms with van der Waals surface area (Å²) in [6, 6.07) is 0. The van der Waals surface area contributed by atoms with Crippen molar-refractivity contribution in [3.63, 3.8) is 0 Å². The topological polar surface area (TPSA) is 43.9 Å². The number of piperazine rings is 1. The van der Waals surface area contributed by atoms with E-state index >= 15 is 0 Å². The molecular weight excluding hydrogens is 278 g/mol. The summed E-state index contributed by atoms with van der Waals surface area (Å²) in [5, 5.41) is 0. The van der Waals surface area contributed by atoms with E-state index in [0.29, 0.717) is 6.54 Å². The Morgan fingerprint density at radius 3 is 1.82 bits per heavy atom. The van der Waals surface area contributed by atoms with Crippen molar-refractivity contribution < 1.29 is 9.59 Å². The van der Waals surface area contributed by atoms with Gasteiger partial charge in [-0.3, -0.25) is 14.5 Å². The average molecular weight is 309 g/mol. The molecule has 0 saturated carbocycles. The molecule has 5 nitrogen and oxygen atoms in total. The highest BCUT2D eigenvalue weighted by Crippen LogP contribution is 2.18. The smallest absolute Gasteiger partial charge is 0.236 e. The summed E-state index contributed by atoms with van der Waals surface area (Å²) in [4.78, 5) is 30.8. The maximum atomic E-state index is 12.4. The van der Waals surface area contributed by atoms with Crippen LogP contribution in [0.15, 0.2) is 0 Å². The highest BCUT2D eigenvalue weighted by molar-refractivity contribution is 5.81. The molecule has 2 heterocycles. The van der Waals surface area contributed by atoms with Crippen molar-refractivity contribution in [2.24, 2.45) is 5.41 Å². The van der Waals surface area contributed by atoms with E-state index in [0.717, 1.165) is 52.1 Å². The Kier molecular flexibility index (Phi) is 5.84. The van der Waals surface area contributed by atoms with E-state index in [1.807, 2.05) is 30.6 Å². The van der Waals surface area contributed by atoms with Crippen LogP contribution in [0.1, 0.15) is 46.5 Å². The average Bonchev–Trinajstić information content (AvgIpc) is 2.75. The van der Waals surface area contributed by atoms with Gasteiger partial charge in [-0.2, -0.15) is 0 Å². The van der Waals surface area contributed by atoms with E-state index in [9.17, 15) is 9.59 Å². The Balaban J connectivity index is 1.77. The molecule has 0 N–H and O–H groups in total. The Morgan fingerprint density at radius 1 is 0.773 bits per heavy atom. The van der Waals surface area contributed by atoms with Crippen LogP contribution in [-0.2, 0) is 9.59 Å². The normalized spacial score (nSPS) is 21.6. The second-order valence-electron chi connectivity index (χ2n) is 7.61. The minimum atomic E-state index is -0.315. The maximum absolute atomic E-state index is 12.4. The molecule has 2 aliphatic rings. The van der Waals surface area contributed by atoms with Crippen molar-refractivity contribution in [2.45, 2.75) is 46.5 Å². The molecule has 0 aromatic rings. The van der Waals surface area contributed by atoms with E-state index in [1.54, 1.807) is 0 Å². The number of hydrogen-bond acceptors (Lipinski definition) is 3. The molecular formula is C17H31N3O2. The lowest BCUT2D eigenvalue weighted by Gasteiger charge is -2.38. The molecule has 5 heteroatoms. The van der Waals surface area contributed by atoms with Crippen LogP contribution in [0, 0.1) is 5.41 Å². The molecule has 2 rings (SSSR count). The molecule has 2 fully saturated rings. The molecule has 0 atom stereocenters. The van der Waals surface area contributed by atoms with Gasteiger partial charge in [-0.25, -0.2) is 0 Å². The first kappa shape index (κ1) is 17.3. The fourth-order valence-electron chi connectivity index (χ4n) is 3.19. The van der Waals surface area contributed by atoms with E-state index < -0.39 is 0 Å². The standard InChI is InChI=1S/C17H31N3O2/c1-17(2,3)16(22)20-12-10-18(11-13-20)14-15(21)19-8-6-4-5-7-9-19/h4-14H2,1-3H3. The van der Waals surface area contributed by atoms with Gasteiger partial charge in [-0.15, -0.1) is 0 Å². The van der Waals surface area contributed by atoms with Crippen molar-refractivity contribution in [2.75, 3.05) is 45.8 Å². The predicted molar refractivity (Wildman–Crippen MR) is 87.5 cm³/mol. The van der Waals surface area contributed by atoms with E-state index in [4.69, 9.17) is 0 Å². The molecule has 0 spiro atoms. The summed E-state index contributed by atoms with van der Waals surface area (Å²) in [5.41, 5.74) is -0.315. The third kappa shape index (κ3) is 4.70. The Morgan fingerprint density at radius 2 is 1.32 bits per heavy atom. The van der Waals surface area contributed by atoms with E-state index in [-0.39, 0.29) is 17.2 Å². The van der Waals surface area contributed by atoms with Gasteiger partial charge in [0.15, 0.2) is 0 Å². The van der Waals surface area contributed by atoms with Crippen LogP contribution in [0.4, 0.5) is 0 Å². The lowest BCUT2D eigenvalue weighted by molar-refractivity contribution is -0.141. The fraction of sp³-hybridized carbons (Fsp3) is 0.882. The first-order chi connectivity index (χ1) is 10.4. The number of rotatable bonds is 2. The van der Waals surface area contributed by atoms with Gasteiger partial charge in [0.05, 0.1) is 6.54 Å². The number of nitrogens with zero attached hydrogens (tertiary/aromatic N) is 3. The lowest BCUT2D eigenvalue weighted by atomic mass is 9.94. The van der Waals surface area contributed by atoms with E-state index in [1.165, 1.54) is 12.8 Å². The molecule has 2 aliphatic heterocycles. The molecule has 0 aromatic carbocycles. The van der Waals surface area contributed by atoms with Crippen LogP contribution in [0.3, 0.4) is 0 Å². The third-order valence-corrected chi connectivity index (χ3v) is 4.62. The van der Waals surface area contributed by atoms with Crippen molar-refractivity contribution in [1.82, 2.24) is 14.7 Å². The van der Waals surface area contributed by atoms with Crippen LogP contribution in [-0.4, -0.2) is 72.3 Å². The second kappa shape index (κ2) is 7.44. The molecule has 2 amide bonds. The molecule has 0 unspecified atom stereocenters. The summed E-state index contributed by atoms with van der Waals surface area (Å²) in [6.07, 6.45) is 4.77. The summed E-state index contributed by atoms with van der Waals surface area (Å²) >= 11 is 0. The van der Waals surface area contributed by atoms with Gasteiger partial charge in [0.2, 0.25) is 11.8 Å². The Labute approximate surface area is 134 Å². The zero-order valence-electron chi connectivity index (χ0n) is 14.4. The maximum Gasteiger partial charge on any atom is 0.236 e. The molecule has 0 radical (unpaired) electrons. The number of hydrogen-bond donors (Lipinski definition) is 0. The first-order valence-electron chi connectivity index (χ1n) is 8.67. The van der Waals surface area contributed by atoms with Crippen molar-refractivity contribution in [1.29, 1.82) is 0 Å². The minimum absolute atomic E-state index is 0.214. The van der Waals surface area contributed by atoms with Gasteiger partial charge < -0.3 is 9.80 Å². The number of amides is 2. The fourth-order valence-corrected chi connectivity index (χ4v) is 3.19. The van der Waals surface area contributed by atoms with Crippen LogP contribution in [0.25, 0.3) is 0 Å². The summed E-state index contributed by atoms with van der Waals surface area (Å²) < 4.78 is 0. The highest BCUT2D eigenvalue weighted by Gasteiger charge is 2.30. The Bertz CT molecular complexity index is 387.